The summed E-state index contributed by atoms with van der Waals surface area (Å²) in [5.74, 6) is -3.75. The first-order chi connectivity index (χ1) is 52.1. The van der Waals surface area contributed by atoms with Crippen LogP contribution in [0.15, 0.2) is 0 Å². The summed E-state index contributed by atoms with van der Waals surface area (Å²) >= 11 is 0. The van der Waals surface area contributed by atoms with Gasteiger partial charge in [0.2, 0.25) is 0 Å². The minimum Gasteiger partial charge on any atom is -0.465 e. The normalized spacial score (nSPS) is 33.3. The zero-order valence-corrected chi connectivity index (χ0v) is 69.3. The molecule has 0 saturated heterocycles. The molecule has 16 atom stereocenters. The van der Waals surface area contributed by atoms with Crippen molar-refractivity contribution in [3.8, 4) is 0 Å². The summed E-state index contributed by atoms with van der Waals surface area (Å²) in [6, 6.07) is 0. The molecule has 10 bridgehead atoms. The molecule has 0 N–H and O–H groups in total. The van der Waals surface area contributed by atoms with Crippen LogP contribution in [0.25, 0.3) is 0 Å². The molecule has 0 aromatic rings. The molecule has 0 spiro atoms. The predicted molar refractivity (Wildman–Crippen MR) is 390 cm³/mol. The van der Waals surface area contributed by atoms with Crippen LogP contribution >= 0.6 is 0 Å². The van der Waals surface area contributed by atoms with E-state index in [0.717, 1.165) is 118 Å². The van der Waals surface area contributed by atoms with E-state index in [1.54, 1.807) is 6.92 Å². The summed E-state index contributed by atoms with van der Waals surface area (Å²) in [5, 5.41) is 0. The summed E-state index contributed by atoms with van der Waals surface area (Å²) in [6.45, 7) is 23.8. The summed E-state index contributed by atoms with van der Waals surface area (Å²) in [7, 11) is 0. The number of halogens is 15. The van der Waals surface area contributed by atoms with E-state index < -0.39 is 111 Å². The highest BCUT2D eigenvalue weighted by atomic mass is 19.4. The van der Waals surface area contributed by atoms with E-state index in [0.29, 0.717) is 94.7 Å². The van der Waals surface area contributed by atoms with Crippen molar-refractivity contribution in [3.63, 3.8) is 0 Å². The first-order valence-corrected chi connectivity index (χ1v) is 41.9. The SMILES string of the molecule is CCC(C)(C(=O)OC1(C)C2CC3CC(C2)CC1C3)C(F)(F)F.CCC(C)(C(=O)OC1(C)CC2CCC1C2)C(F)(F)F.CCC(C)(C(=O)OC1CC2CC(C(=O)OCC(C)C)C1C2)C(F)(F)F.CCCCC1CCC(OC(=O)C(C)(CC)C(F)(F)F)CC1.CCCCCOC(=O)C1CC2CC(OC(=O)C(C)(CC)C(F)(F)F)C1C2. The van der Waals surface area contributed by atoms with E-state index in [9.17, 15) is 99.4 Å². The molecule has 11 aliphatic rings. The number of ether oxygens (including phenoxy) is 7. The Kier molecular flexibility index (Phi) is 32.7. The average Bonchev–Trinajstić information content (AvgIpc) is 1.72. The fourth-order valence-electron chi connectivity index (χ4n) is 19.1. The number of fused-ring (bicyclic) bond motifs is 6. The van der Waals surface area contributed by atoms with E-state index in [1.807, 2.05) is 20.8 Å². The number of carbonyl (C=O) groups is 7. The Balaban J connectivity index is 0.000000221. The molecule has 654 valence electrons. The van der Waals surface area contributed by atoms with Gasteiger partial charge in [-0.2, -0.15) is 65.9 Å². The topological polar surface area (TPSA) is 184 Å². The minimum atomic E-state index is -4.66. The van der Waals surface area contributed by atoms with Gasteiger partial charge in [0, 0.05) is 11.8 Å². The zero-order chi connectivity index (χ0) is 85.4. The molecule has 11 aliphatic carbocycles. The van der Waals surface area contributed by atoms with Crippen molar-refractivity contribution in [2.75, 3.05) is 13.2 Å². The second-order valence-corrected chi connectivity index (χ2v) is 36.7. The van der Waals surface area contributed by atoms with Gasteiger partial charge in [-0.3, -0.25) is 33.6 Å². The second kappa shape index (κ2) is 38.1. The number of esters is 7. The van der Waals surface area contributed by atoms with Gasteiger partial charge in [-0.1, -0.05) is 94.4 Å². The summed E-state index contributed by atoms with van der Waals surface area (Å²) < 4.78 is 235. The molecule has 11 saturated carbocycles. The lowest BCUT2D eigenvalue weighted by atomic mass is 9.50. The van der Waals surface area contributed by atoms with Gasteiger partial charge in [0.25, 0.3) is 0 Å². The first-order valence-electron chi connectivity index (χ1n) is 41.9. The Bertz CT molecular complexity index is 3130. The van der Waals surface area contributed by atoms with Crippen molar-refractivity contribution in [3.05, 3.63) is 0 Å². The van der Waals surface area contributed by atoms with E-state index in [1.165, 1.54) is 53.9 Å². The highest BCUT2D eigenvalue weighted by molar-refractivity contribution is 5.80. The van der Waals surface area contributed by atoms with E-state index in [4.69, 9.17) is 33.2 Å². The van der Waals surface area contributed by atoms with Gasteiger partial charge in [-0.05, 0) is 268 Å². The van der Waals surface area contributed by atoms with Crippen molar-refractivity contribution in [1.82, 2.24) is 0 Å². The fourth-order valence-corrected chi connectivity index (χ4v) is 19.1. The van der Waals surface area contributed by atoms with Crippen molar-refractivity contribution >= 4 is 41.8 Å². The van der Waals surface area contributed by atoms with Gasteiger partial charge in [-0.15, -0.1) is 0 Å². The maximum Gasteiger partial charge on any atom is 0.404 e. The number of carbonyl (C=O) groups excluding carboxylic acids is 7. The van der Waals surface area contributed by atoms with Crippen LogP contribution in [0.5, 0.6) is 0 Å². The quantitative estimate of drug-likeness (QED) is 0.0345. The van der Waals surface area contributed by atoms with E-state index in [2.05, 4.69) is 13.8 Å². The lowest BCUT2D eigenvalue weighted by molar-refractivity contribution is -0.253. The Morgan fingerprint density at radius 3 is 1.09 bits per heavy atom. The van der Waals surface area contributed by atoms with Crippen LogP contribution < -0.4 is 0 Å². The van der Waals surface area contributed by atoms with Crippen molar-refractivity contribution < 1.29 is 133 Å². The molecule has 0 radical (unpaired) electrons. The average molecular weight is 1650 g/mol. The summed E-state index contributed by atoms with van der Waals surface area (Å²) in [5.41, 5.74) is -13.6. The molecule has 11 rings (SSSR count). The number of hydrogen-bond donors (Lipinski definition) is 0. The number of alkyl halides is 15. The molecule has 0 aliphatic heterocycles. The molecule has 0 aromatic carbocycles. The van der Waals surface area contributed by atoms with Crippen LogP contribution in [0, 0.1) is 110 Å². The van der Waals surface area contributed by atoms with Crippen molar-refractivity contribution in [2.45, 2.75) is 364 Å². The molecule has 0 heterocycles. The largest absolute Gasteiger partial charge is 0.465 e. The Hall–Kier alpha value is -4.76. The van der Waals surface area contributed by atoms with Crippen LogP contribution in [-0.4, -0.2) is 115 Å². The van der Waals surface area contributed by atoms with Gasteiger partial charge in [-0.25, -0.2) is 0 Å². The fraction of sp³-hybridized carbons (Fsp3) is 0.917. The Morgan fingerprint density at radius 1 is 0.381 bits per heavy atom. The van der Waals surface area contributed by atoms with Gasteiger partial charge < -0.3 is 33.2 Å². The maximum atomic E-state index is 13.3. The first kappa shape index (κ1) is 97.1. The van der Waals surface area contributed by atoms with Crippen LogP contribution in [0.3, 0.4) is 0 Å². The highest BCUT2D eigenvalue weighted by Crippen LogP contribution is 2.62. The molecular weight excluding hydrogens is 1520 g/mol. The minimum absolute atomic E-state index is 0.207. The lowest BCUT2D eigenvalue weighted by Crippen LogP contribution is -2.59. The van der Waals surface area contributed by atoms with Gasteiger partial charge in [0.05, 0.1) is 25.0 Å². The molecule has 11 fully saturated rings. The Morgan fingerprint density at radius 2 is 0.743 bits per heavy atom. The second-order valence-electron chi connectivity index (χ2n) is 36.7. The van der Waals surface area contributed by atoms with Crippen LogP contribution in [0.2, 0.25) is 0 Å². The molecule has 29 heteroatoms. The third-order valence-corrected chi connectivity index (χ3v) is 28.6. The molecule has 0 aromatic heterocycles. The summed E-state index contributed by atoms with van der Waals surface area (Å²) in [6.07, 6.45) is -3.73. The van der Waals surface area contributed by atoms with Gasteiger partial charge in [0.15, 0.2) is 27.1 Å². The molecule has 113 heavy (non-hydrogen) atoms. The molecular formula is C84H129F15O14. The van der Waals surface area contributed by atoms with E-state index in [-0.39, 0.29) is 109 Å². The number of hydrogen-bond acceptors (Lipinski definition) is 14. The maximum absolute atomic E-state index is 13.3. The van der Waals surface area contributed by atoms with Crippen LogP contribution in [-0.2, 0) is 66.7 Å². The molecule has 14 nitrogen and oxygen atoms in total. The highest BCUT2D eigenvalue weighted by Gasteiger charge is 2.66. The molecule has 16 unspecified atom stereocenters. The monoisotopic (exact) mass is 1650 g/mol. The third-order valence-electron chi connectivity index (χ3n) is 28.6. The van der Waals surface area contributed by atoms with E-state index >= 15 is 0 Å². The van der Waals surface area contributed by atoms with Gasteiger partial charge in [0.1, 0.15) is 29.5 Å². The Labute approximate surface area is 658 Å². The molecule has 0 amide bonds. The van der Waals surface area contributed by atoms with Crippen LogP contribution in [0.1, 0.15) is 303 Å². The van der Waals surface area contributed by atoms with Gasteiger partial charge >= 0.3 is 72.7 Å². The lowest BCUT2D eigenvalue weighted by Gasteiger charge is -2.59. The summed E-state index contributed by atoms with van der Waals surface area (Å²) in [4.78, 5) is 85.3. The standard InChI is InChI=1S/C19H29F3O4.C18H27F3O4.C17H25F3O2.C16H27F3O2.C14H21F3O2/c1-4-6-7-8-25-16(23)14-10-12-9-13(14)15(11-12)26-17(24)18(3,5-2)19(20,21)22;1-5-17(4,18(19,20)21)16(23)25-14-8-11-6-12(14)13(7-11)15(22)24-9-10(2)3;1-4-15(2,17(18,19)20)14(21)22-16(3)12-6-10-5-11(8-12)9-13(16)7-10;1-4-6-7-12-8-10-13(11-9-12)21-14(20)15(3,5-2)16(17,18)19;1-4-12(2,14(15,16)17)11(18)19-13(3)8-9-5-6-10(13)7-9/h12-15H,4-11H2,1-3H3;10-14H,5-9H2,1-4H3;10-13H,4-9H2,1-3H3;12-13H,4-11H2,1-3H3;9-10H,4-8H2,1-3H3. The van der Waals surface area contributed by atoms with Crippen molar-refractivity contribution in [1.29, 1.82) is 0 Å². The van der Waals surface area contributed by atoms with Crippen LogP contribution in [0.4, 0.5) is 65.9 Å². The third kappa shape index (κ3) is 22.0. The smallest absolute Gasteiger partial charge is 0.404 e. The number of rotatable bonds is 26. The predicted octanol–water partition coefficient (Wildman–Crippen LogP) is 22.8. The zero-order valence-electron chi connectivity index (χ0n) is 69.3. The van der Waals surface area contributed by atoms with Crippen molar-refractivity contribution in [2.24, 2.45) is 110 Å². The number of unbranched alkanes of at least 4 members (excludes halogenated alkanes) is 3.